The highest BCUT2D eigenvalue weighted by Gasteiger charge is 2.17. The van der Waals surface area contributed by atoms with E-state index in [1.54, 1.807) is 12.3 Å². The Morgan fingerprint density at radius 3 is 2.53 bits per heavy atom. The summed E-state index contributed by atoms with van der Waals surface area (Å²) in [6, 6.07) is 2.03. The maximum absolute atomic E-state index is 12.2. The van der Waals surface area contributed by atoms with Gasteiger partial charge >= 0.3 is 0 Å². The van der Waals surface area contributed by atoms with Gasteiger partial charge < -0.3 is 11.1 Å². The maximum Gasteiger partial charge on any atom is 0.255 e. The molecule has 0 atom stereocenters. The van der Waals surface area contributed by atoms with Crippen molar-refractivity contribution in [1.29, 1.82) is 0 Å². The number of hydrogen-bond acceptors (Lipinski definition) is 3. The highest BCUT2D eigenvalue weighted by molar-refractivity contribution is 5.98. The molecule has 3 N–H and O–H groups in total. The zero-order chi connectivity index (χ0) is 13.7. The Kier molecular flexibility index (Phi) is 4.77. The van der Waals surface area contributed by atoms with Crippen molar-refractivity contribution < 1.29 is 4.79 Å². The molecule has 0 bridgehead atoms. The summed E-state index contributed by atoms with van der Waals surface area (Å²) in [6.45, 7) is 1.87. The average molecular weight is 261 g/mol. The molecule has 1 amide bonds. The van der Waals surface area contributed by atoms with Crippen LogP contribution in [0.15, 0.2) is 12.3 Å². The zero-order valence-electron chi connectivity index (χ0n) is 11.6. The van der Waals surface area contributed by atoms with Crippen molar-refractivity contribution in [2.24, 2.45) is 0 Å². The highest BCUT2D eigenvalue weighted by atomic mass is 16.1. The number of nitrogens with two attached hydrogens (primary N) is 1. The third-order valence-corrected chi connectivity index (χ3v) is 3.76. The SMILES string of the molecule is Cc1cc(N)c(C(=O)NC2CCCCCCC2)cn1. The number of nitrogens with zero attached hydrogens (tertiary/aromatic N) is 1. The number of hydrogen-bond donors (Lipinski definition) is 2. The summed E-state index contributed by atoms with van der Waals surface area (Å²) in [5.41, 5.74) is 7.72. The molecule has 0 aliphatic heterocycles. The van der Waals surface area contributed by atoms with Crippen molar-refractivity contribution >= 4 is 11.6 Å². The first-order valence-corrected chi connectivity index (χ1v) is 7.20. The van der Waals surface area contributed by atoms with Crippen molar-refractivity contribution in [1.82, 2.24) is 10.3 Å². The second-order valence-corrected chi connectivity index (χ2v) is 5.43. The van der Waals surface area contributed by atoms with E-state index in [4.69, 9.17) is 5.73 Å². The molecular formula is C15H23N3O. The van der Waals surface area contributed by atoms with Crippen LogP contribution in [0, 0.1) is 6.92 Å². The van der Waals surface area contributed by atoms with E-state index in [0.717, 1.165) is 18.5 Å². The first kappa shape index (κ1) is 13.8. The normalized spacial score (nSPS) is 17.5. The standard InChI is InChI=1S/C15H23N3O/c1-11-9-14(16)13(10-17-11)15(19)18-12-7-5-3-2-4-6-8-12/h9-10,12H,2-8H2,1H3,(H2,16,17)(H,18,19). The molecule has 1 aliphatic carbocycles. The second-order valence-electron chi connectivity index (χ2n) is 5.43. The van der Waals surface area contributed by atoms with Crippen LogP contribution in [0.1, 0.15) is 61.0 Å². The zero-order valence-corrected chi connectivity index (χ0v) is 11.6. The second kappa shape index (κ2) is 6.55. The van der Waals surface area contributed by atoms with Crippen LogP contribution in [-0.2, 0) is 0 Å². The summed E-state index contributed by atoms with van der Waals surface area (Å²) in [5.74, 6) is -0.0874. The van der Waals surface area contributed by atoms with E-state index in [1.807, 2.05) is 6.92 Å². The van der Waals surface area contributed by atoms with Crippen LogP contribution in [-0.4, -0.2) is 16.9 Å². The lowest BCUT2D eigenvalue weighted by atomic mass is 9.96. The van der Waals surface area contributed by atoms with Gasteiger partial charge in [-0.3, -0.25) is 9.78 Å². The number of rotatable bonds is 2. The molecule has 0 unspecified atom stereocenters. The smallest absolute Gasteiger partial charge is 0.255 e. The van der Waals surface area contributed by atoms with Crippen LogP contribution in [0.2, 0.25) is 0 Å². The van der Waals surface area contributed by atoms with Gasteiger partial charge in [0.25, 0.3) is 5.91 Å². The molecule has 4 heteroatoms. The third-order valence-electron chi connectivity index (χ3n) is 3.76. The molecule has 19 heavy (non-hydrogen) atoms. The molecule has 0 spiro atoms. The lowest BCUT2D eigenvalue weighted by Gasteiger charge is -2.21. The number of nitrogens with one attached hydrogen (secondary N) is 1. The summed E-state index contributed by atoms with van der Waals surface area (Å²) in [4.78, 5) is 16.4. The van der Waals surface area contributed by atoms with Gasteiger partial charge in [-0.25, -0.2) is 0 Å². The van der Waals surface area contributed by atoms with Crippen molar-refractivity contribution in [3.63, 3.8) is 0 Å². The minimum Gasteiger partial charge on any atom is -0.398 e. The minimum absolute atomic E-state index is 0.0874. The molecule has 2 rings (SSSR count). The predicted molar refractivity (Wildman–Crippen MR) is 77.0 cm³/mol. The van der Waals surface area contributed by atoms with Crippen LogP contribution in [0.5, 0.6) is 0 Å². The molecule has 4 nitrogen and oxygen atoms in total. The van der Waals surface area contributed by atoms with Crippen LogP contribution < -0.4 is 11.1 Å². The number of carbonyl (C=O) groups is 1. The van der Waals surface area contributed by atoms with Gasteiger partial charge in [-0.2, -0.15) is 0 Å². The quantitative estimate of drug-likeness (QED) is 0.860. The summed E-state index contributed by atoms with van der Waals surface area (Å²) < 4.78 is 0. The van der Waals surface area contributed by atoms with Gasteiger partial charge in [0, 0.05) is 23.6 Å². The third kappa shape index (κ3) is 3.94. The van der Waals surface area contributed by atoms with E-state index in [2.05, 4.69) is 10.3 Å². The van der Waals surface area contributed by atoms with Crippen molar-refractivity contribution in [3.05, 3.63) is 23.5 Å². The number of nitrogen functional groups attached to an aromatic ring is 1. The first-order valence-electron chi connectivity index (χ1n) is 7.20. The fraction of sp³-hybridized carbons (Fsp3) is 0.600. The molecular weight excluding hydrogens is 238 g/mol. The van der Waals surface area contributed by atoms with E-state index in [9.17, 15) is 4.79 Å². The average Bonchev–Trinajstić information content (AvgIpc) is 2.32. The van der Waals surface area contributed by atoms with Gasteiger partial charge in [0.1, 0.15) is 0 Å². The van der Waals surface area contributed by atoms with E-state index in [0.29, 0.717) is 11.3 Å². The van der Waals surface area contributed by atoms with E-state index in [-0.39, 0.29) is 11.9 Å². The molecule has 1 aromatic rings. The van der Waals surface area contributed by atoms with E-state index < -0.39 is 0 Å². The fourth-order valence-corrected chi connectivity index (χ4v) is 2.63. The van der Waals surface area contributed by atoms with Crippen LogP contribution in [0.25, 0.3) is 0 Å². The van der Waals surface area contributed by atoms with Crippen LogP contribution >= 0.6 is 0 Å². The molecule has 0 radical (unpaired) electrons. The monoisotopic (exact) mass is 261 g/mol. The summed E-state index contributed by atoms with van der Waals surface area (Å²) in [6.07, 6.45) is 10.0. The van der Waals surface area contributed by atoms with Crippen molar-refractivity contribution in [3.8, 4) is 0 Å². The number of amides is 1. The molecule has 104 valence electrons. The first-order chi connectivity index (χ1) is 9.16. The molecule has 1 saturated carbocycles. The van der Waals surface area contributed by atoms with Gasteiger partial charge in [-0.15, -0.1) is 0 Å². The molecule has 1 aliphatic rings. The Bertz CT molecular complexity index is 437. The molecule has 1 heterocycles. The van der Waals surface area contributed by atoms with Gasteiger partial charge in [-0.1, -0.05) is 32.1 Å². The minimum atomic E-state index is -0.0874. The van der Waals surface area contributed by atoms with Gasteiger partial charge in [0.2, 0.25) is 0 Å². The predicted octanol–water partition coefficient (Wildman–Crippen LogP) is 2.81. The largest absolute Gasteiger partial charge is 0.398 e. The summed E-state index contributed by atoms with van der Waals surface area (Å²) in [7, 11) is 0. The lowest BCUT2D eigenvalue weighted by Crippen LogP contribution is -2.35. The Morgan fingerprint density at radius 2 is 1.89 bits per heavy atom. The Hall–Kier alpha value is -1.58. The Labute approximate surface area is 114 Å². The number of pyridine rings is 1. The fourth-order valence-electron chi connectivity index (χ4n) is 2.63. The topological polar surface area (TPSA) is 68.0 Å². The van der Waals surface area contributed by atoms with Crippen LogP contribution in [0.3, 0.4) is 0 Å². The van der Waals surface area contributed by atoms with Gasteiger partial charge in [0.15, 0.2) is 0 Å². The summed E-state index contributed by atoms with van der Waals surface area (Å²) in [5, 5.41) is 3.10. The van der Waals surface area contributed by atoms with E-state index in [1.165, 1.54) is 32.1 Å². The van der Waals surface area contributed by atoms with Gasteiger partial charge in [0.05, 0.1) is 5.56 Å². The number of aryl methyl sites for hydroxylation is 1. The van der Waals surface area contributed by atoms with Crippen LogP contribution in [0.4, 0.5) is 5.69 Å². The van der Waals surface area contributed by atoms with Crippen molar-refractivity contribution in [2.75, 3.05) is 5.73 Å². The Balaban J connectivity index is 1.99. The molecule has 1 aromatic heterocycles. The molecule has 0 aromatic carbocycles. The van der Waals surface area contributed by atoms with Gasteiger partial charge in [-0.05, 0) is 25.8 Å². The highest BCUT2D eigenvalue weighted by Crippen LogP contribution is 2.18. The lowest BCUT2D eigenvalue weighted by molar-refractivity contribution is 0.0931. The van der Waals surface area contributed by atoms with Crippen molar-refractivity contribution in [2.45, 2.75) is 57.9 Å². The molecule has 1 fully saturated rings. The Morgan fingerprint density at radius 1 is 1.26 bits per heavy atom. The molecule has 0 saturated heterocycles. The number of carbonyl (C=O) groups excluding carboxylic acids is 1. The number of anilines is 1. The van der Waals surface area contributed by atoms with E-state index >= 15 is 0 Å². The summed E-state index contributed by atoms with van der Waals surface area (Å²) >= 11 is 0. The number of aromatic nitrogens is 1. The maximum atomic E-state index is 12.2.